The summed E-state index contributed by atoms with van der Waals surface area (Å²) in [6, 6.07) is 11.3. The van der Waals surface area contributed by atoms with Crippen LogP contribution in [0.2, 0.25) is 0 Å². The zero-order chi connectivity index (χ0) is 24.7. The van der Waals surface area contributed by atoms with Gasteiger partial charge < -0.3 is 19.5 Å². The van der Waals surface area contributed by atoms with Crippen molar-refractivity contribution in [2.24, 2.45) is 0 Å². The van der Waals surface area contributed by atoms with Crippen molar-refractivity contribution in [1.29, 1.82) is 0 Å². The van der Waals surface area contributed by atoms with Gasteiger partial charge in [-0.3, -0.25) is 9.20 Å². The lowest BCUT2D eigenvalue weighted by Crippen LogP contribution is -2.45. The van der Waals surface area contributed by atoms with E-state index in [0.29, 0.717) is 47.7 Å². The van der Waals surface area contributed by atoms with Gasteiger partial charge >= 0.3 is 0 Å². The quantitative estimate of drug-likeness (QED) is 0.409. The molecule has 1 N–H and O–H groups in total. The molecule has 1 aromatic carbocycles. The number of carbonyl (C=O) groups excluding carboxylic acids is 1. The predicted molar refractivity (Wildman–Crippen MR) is 132 cm³/mol. The molecule has 9 heteroatoms. The van der Waals surface area contributed by atoms with Crippen LogP contribution < -0.4 is 5.32 Å². The SMILES string of the molecule is C=C(OC(C)(C)C)N1CC(c2nc(-c3ccc(C)c(NC(=O)c4cnc5ccccn45)c3)no2)C1. The highest BCUT2D eigenvalue weighted by Crippen LogP contribution is 2.32. The standard InChI is InChI=1S/C26H28N6O3/c1-16-9-10-18(12-20(16)28-24(33)21-13-27-22-8-6-7-11-32(21)22)23-29-25(35-30-23)19-14-31(15-19)17(2)34-26(3,4)5/h6-13,19H,2,14-15H2,1,3-5H3,(H,28,33). The third-order valence-corrected chi connectivity index (χ3v) is 5.84. The third kappa shape index (κ3) is 4.62. The minimum absolute atomic E-state index is 0.122. The Morgan fingerprint density at radius 2 is 2.03 bits per heavy atom. The Morgan fingerprint density at radius 3 is 2.80 bits per heavy atom. The van der Waals surface area contributed by atoms with E-state index in [4.69, 9.17) is 9.26 Å². The van der Waals surface area contributed by atoms with Crippen LogP contribution in [-0.2, 0) is 4.74 Å². The van der Waals surface area contributed by atoms with Gasteiger partial charge in [0.15, 0.2) is 5.88 Å². The Kier molecular flexibility index (Phi) is 5.55. The van der Waals surface area contributed by atoms with Gasteiger partial charge in [-0.25, -0.2) is 4.98 Å². The topological polar surface area (TPSA) is 97.8 Å². The van der Waals surface area contributed by atoms with E-state index in [1.54, 1.807) is 10.6 Å². The smallest absolute Gasteiger partial charge is 0.274 e. The summed E-state index contributed by atoms with van der Waals surface area (Å²) in [5.41, 5.74) is 3.24. The van der Waals surface area contributed by atoms with Crippen LogP contribution >= 0.6 is 0 Å². The van der Waals surface area contributed by atoms with Gasteiger partial charge in [0, 0.05) is 30.5 Å². The monoisotopic (exact) mass is 472 g/mol. The Morgan fingerprint density at radius 1 is 1.23 bits per heavy atom. The highest BCUT2D eigenvalue weighted by molar-refractivity contribution is 6.04. The van der Waals surface area contributed by atoms with Crippen LogP contribution in [-0.4, -0.2) is 49.0 Å². The number of nitrogens with zero attached hydrogens (tertiary/aromatic N) is 5. The molecule has 0 radical (unpaired) electrons. The molecule has 9 nitrogen and oxygen atoms in total. The Bertz CT molecular complexity index is 1410. The van der Waals surface area contributed by atoms with Crippen molar-refractivity contribution >= 4 is 17.2 Å². The normalized spacial score (nSPS) is 14.1. The summed E-state index contributed by atoms with van der Waals surface area (Å²) in [6.45, 7) is 13.4. The molecule has 4 aromatic rings. The average molecular weight is 473 g/mol. The van der Waals surface area contributed by atoms with E-state index in [1.165, 1.54) is 0 Å². The molecule has 0 aliphatic carbocycles. The molecule has 5 rings (SSSR count). The summed E-state index contributed by atoms with van der Waals surface area (Å²) in [4.78, 5) is 23.9. The van der Waals surface area contributed by atoms with Crippen molar-refractivity contribution in [2.45, 2.75) is 39.2 Å². The fraction of sp³-hybridized carbons (Fsp3) is 0.308. The van der Waals surface area contributed by atoms with Crippen LogP contribution in [0.5, 0.6) is 0 Å². The van der Waals surface area contributed by atoms with E-state index >= 15 is 0 Å². The van der Waals surface area contributed by atoms with Gasteiger partial charge in [0.25, 0.3) is 5.91 Å². The van der Waals surface area contributed by atoms with E-state index in [1.807, 2.05) is 70.3 Å². The van der Waals surface area contributed by atoms with Crippen molar-refractivity contribution < 1.29 is 14.1 Å². The zero-order valence-corrected chi connectivity index (χ0v) is 20.3. The molecule has 180 valence electrons. The molecule has 0 saturated carbocycles. The van der Waals surface area contributed by atoms with Crippen LogP contribution in [0.3, 0.4) is 0 Å². The van der Waals surface area contributed by atoms with Crippen molar-refractivity contribution in [2.75, 3.05) is 18.4 Å². The lowest BCUT2D eigenvalue weighted by atomic mass is 10.0. The van der Waals surface area contributed by atoms with Crippen LogP contribution in [0.25, 0.3) is 17.0 Å². The molecule has 35 heavy (non-hydrogen) atoms. The number of ether oxygens (including phenoxy) is 1. The third-order valence-electron chi connectivity index (χ3n) is 5.84. The number of imidazole rings is 1. The second kappa shape index (κ2) is 8.57. The summed E-state index contributed by atoms with van der Waals surface area (Å²) in [6.07, 6.45) is 3.38. The first-order chi connectivity index (χ1) is 16.7. The first kappa shape index (κ1) is 22.6. The number of amides is 1. The Balaban J connectivity index is 1.28. The molecule has 1 aliphatic rings. The summed E-state index contributed by atoms with van der Waals surface area (Å²) < 4.78 is 13.1. The number of likely N-dealkylation sites (tertiary alicyclic amines) is 1. The largest absolute Gasteiger partial charge is 0.474 e. The molecule has 4 heterocycles. The first-order valence-corrected chi connectivity index (χ1v) is 11.5. The van der Waals surface area contributed by atoms with Crippen LogP contribution in [0.15, 0.2) is 65.8 Å². The van der Waals surface area contributed by atoms with Crippen molar-refractivity contribution in [3.63, 3.8) is 0 Å². The van der Waals surface area contributed by atoms with Gasteiger partial charge in [0.05, 0.1) is 12.1 Å². The van der Waals surface area contributed by atoms with Gasteiger partial charge in [-0.1, -0.05) is 23.4 Å². The van der Waals surface area contributed by atoms with Gasteiger partial charge in [0.1, 0.15) is 16.9 Å². The molecular weight excluding hydrogens is 444 g/mol. The molecule has 1 aliphatic heterocycles. The number of nitrogens with one attached hydrogen (secondary N) is 1. The van der Waals surface area contributed by atoms with E-state index in [0.717, 1.165) is 11.1 Å². The van der Waals surface area contributed by atoms with Gasteiger partial charge in [-0.15, -0.1) is 0 Å². The van der Waals surface area contributed by atoms with E-state index in [9.17, 15) is 4.79 Å². The molecule has 1 amide bonds. The van der Waals surface area contributed by atoms with Gasteiger partial charge in [-0.05, 0) is 58.0 Å². The molecule has 0 spiro atoms. The number of benzene rings is 1. The second-order valence-electron chi connectivity index (χ2n) is 9.72. The fourth-order valence-electron chi connectivity index (χ4n) is 3.96. The minimum atomic E-state index is -0.288. The molecule has 0 atom stereocenters. The Hall–Kier alpha value is -4.14. The molecule has 0 unspecified atom stereocenters. The summed E-state index contributed by atoms with van der Waals surface area (Å²) in [5, 5.41) is 7.16. The van der Waals surface area contributed by atoms with Crippen molar-refractivity contribution in [3.05, 3.63) is 78.4 Å². The number of aryl methyl sites for hydroxylation is 1. The summed E-state index contributed by atoms with van der Waals surface area (Å²) in [5.74, 6) is 1.59. The molecule has 1 saturated heterocycles. The lowest BCUT2D eigenvalue weighted by Gasteiger charge is -2.41. The van der Waals surface area contributed by atoms with E-state index < -0.39 is 0 Å². The summed E-state index contributed by atoms with van der Waals surface area (Å²) >= 11 is 0. The van der Waals surface area contributed by atoms with Crippen LogP contribution in [0.4, 0.5) is 5.69 Å². The minimum Gasteiger partial charge on any atom is -0.474 e. The maximum absolute atomic E-state index is 13.0. The Labute approximate surface area is 203 Å². The first-order valence-electron chi connectivity index (χ1n) is 11.5. The zero-order valence-electron chi connectivity index (χ0n) is 20.3. The second-order valence-corrected chi connectivity index (χ2v) is 9.72. The van der Waals surface area contributed by atoms with Crippen LogP contribution in [0.1, 0.15) is 48.6 Å². The van der Waals surface area contributed by atoms with Gasteiger partial charge in [-0.2, -0.15) is 4.98 Å². The number of aromatic nitrogens is 4. The lowest BCUT2D eigenvalue weighted by molar-refractivity contribution is -0.0219. The average Bonchev–Trinajstić information content (AvgIpc) is 3.40. The molecule has 1 fully saturated rings. The highest BCUT2D eigenvalue weighted by atomic mass is 16.5. The highest BCUT2D eigenvalue weighted by Gasteiger charge is 2.35. The van der Waals surface area contributed by atoms with Crippen molar-refractivity contribution in [3.8, 4) is 11.4 Å². The summed E-state index contributed by atoms with van der Waals surface area (Å²) in [7, 11) is 0. The number of hydrogen-bond acceptors (Lipinski definition) is 7. The predicted octanol–water partition coefficient (Wildman–Crippen LogP) is 4.63. The number of anilines is 1. The van der Waals surface area contributed by atoms with Crippen LogP contribution in [0, 0.1) is 6.92 Å². The maximum atomic E-state index is 13.0. The number of hydrogen-bond donors (Lipinski definition) is 1. The van der Waals surface area contributed by atoms with Crippen molar-refractivity contribution in [1.82, 2.24) is 24.4 Å². The number of pyridine rings is 1. The molecule has 0 bridgehead atoms. The van der Waals surface area contributed by atoms with E-state index in [2.05, 4.69) is 31.9 Å². The van der Waals surface area contributed by atoms with Gasteiger partial charge in [0.2, 0.25) is 11.7 Å². The maximum Gasteiger partial charge on any atom is 0.274 e. The number of carbonyl (C=O) groups is 1. The number of rotatable bonds is 6. The fourth-order valence-corrected chi connectivity index (χ4v) is 3.96. The molecular formula is C26H28N6O3. The number of fused-ring (bicyclic) bond motifs is 1. The van der Waals surface area contributed by atoms with E-state index in [-0.39, 0.29) is 17.4 Å². The molecule has 3 aromatic heterocycles.